The molecule has 0 bridgehead atoms. The summed E-state index contributed by atoms with van der Waals surface area (Å²) in [4.78, 5) is 17.7. The zero-order valence-electron chi connectivity index (χ0n) is 9.32. The summed E-state index contributed by atoms with van der Waals surface area (Å²) in [5.74, 6) is -0.431. The minimum absolute atomic E-state index is 0.0208. The fraction of sp³-hybridized carbons (Fsp3) is 0.500. The van der Waals surface area contributed by atoms with Crippen LogP contribution in [0.5, 0.6) is 0 Å². The summed E-state index contributed by atoms with van der Waals surface area (Å²) in [5.41, 5.74) is 0.352. The van der Waals surface area contributed by atoms with Crippen LogP contribution in [0.1, 0.15) is 29.8 Å². The quantitative estimate of drug-likeness (QED) is 0.713. The first-order valence-corrected chi connectivity index (χ1v) is 5.52. The normalized spacial score (nSPS) is 15.4. The standard InChI is InChI=1S/C12H15FN2O/c1-15(10-3-4-10)7-6-12(16)11-5-2-9(13)8-14-11/h2,5,8,10H,3-4,6-7H2,1H3. The largest absolute Gasteiger partial charge is 0.303 e. The van der Waals surface area contributed by atoms with Crippen molar-refractivity contribution in [2.75, 3.05) is 13.6 Å². The molecule has 1 heterocycles. The van der Waals surface area contributed by atoms with Crippen LogP contribution in [0.15, 0.2) is 18.3 Å². The van der Waals surface area contributed by atoms with Crippen LogP contribution in [0, 0.1) is 5.82 Å². The van der Waals surface area contributed by atoms with E-state index in [2.05, 4.69) is 9.88 Å². The number of aromatic nitrogens is 1. The number of nitrogens with zero attached hydrogens (tertiary/aromatic N) is 2. The molecular formula is C12H15FN2O. The Morgan fingerprint density at radius 1 is 1.56 bits per heavy atom. The number of carbonyl (C=O) groups excluding carboxylic acids is 1. The molecule has 0 saturated heterocycles. The van der Waals surface area contributed by atoms with Crippen LogP contribution in [0.3, 0.4) is 0 Å². The molecule has 0 radical (unpaired) electrons. The van der Waals surface area contributed by atoms with Crippen molar-refractivity contribution in [3.8, 4) is 0 Å². The van der Waals surface area contributed by atoms with Crippen LogP contribution < -0.4 is 0 Å². The number of Topliss-reactive ketones (excluding diaryl/α,β-unsaturated/α-hetero) is 1. The molecule has 0 aromatic carbocycles. The van der Waals surface area contributed by atoms with E-state index in [1.807, 2.05) is 7.05 Å². The lowest BCUT2D eigenvalue weighted by Crippen LogP contribution is -2.24. The molecule has 0 atom stereocenters. The minimum atomic E-state index is -0.411. The van der Waals surface area contributed by atoms with Gasteiger partial charge in [0.15, 0.2) is 5.78 Å². The predicted molar refractivity (Wildman–Crippen MR) is 58.8 cm³/mol. The zero-order chi connectivity index (χ0) is 11.5. The lowest BCUT2D eigenvalue weighted by molar-refractivity contribution is 0.0963. The van der Waals surface area contributed by atoms with Gasteiger partial charge >= 0.3 is 0 Å². The smallest absolute Gasteiger partial charge is 0.182 e. The molecule has 2 rings (SSSR count). The van der Waals surface area contributed by atoms with Crippen molar-refractivity contribution in [2.24, 2.45) is 0 Å². The molecule has 0 amide bonds. The highest BCUT2D eigenvalue weighted by Gasteiger charge is 2.26. The first kappa shape index (κ1) is 11.2. The molecular weight excluding hydrogens is 207 g/mol. The number of hydrogen-bond donors (Lipinski definition) is 0. The molecule has 1 fully saturated rings. The SMILES string of the molecule is CN(CCC(=O)c1ccc(F)cn1)C1CC1. The Labute approximate surface area is 94.3 Å². The number of pyridine rings is 1. The predicted octanol–water partition coefficient (Wildman–Crippen LogP) is 1.89. The molecule has 16 heavy (non-hydrogen) atoms. The highest BCUT2D eigenvalue weighted by atomic mass is 19.1. The van der Waals surface area contributed by atoms with Crippen molar-refractivity contribution in [2.45, 2.75) is 25.3 Å². The Kier molecular flexibility index (Phi) is 3.29. The summed E-state index contributed by atoms with van der Waals surface area (Å²) in [5, 5.41) is 0. The zero-order valence-corrected chi connectivity index (χ0v) is 9.32. The van der Waals surface area contributed by atoms with Crippen molar-refractivity contribution in [3.05, 3.63) is 29.8 Å². The van der Waals surface area contributed by atoms with Gasteiger partial charge in [-0.3, -0.25) is 9.78 Å². The lowest BCUT2D eigenvalue weighted by Gasteiger charge is -2.14. The third-order valence-corrected chi connectivity index (χ3v) is 2.87. The number of carbonyl (C=O) groups is 1. The van der Waals surface area contributed by atoms with Crippen LogP contribution in [0.25, 0.3) is 0 Å². The van der Waals surface area contributed by atoms with E-state index in [4.69, 9.17) is 0 Å². The van der Waals surface area contributed by atoms with E-state index >= 15 is 0 Å². The molecule has 1 aromatic heterocycles. The molecule has 0 aliphatic heterocycles. The maximum Gasteiger partial charge on any atom is 0.182 e. The van der Waals surface area contributed by atoms with E-state index in [1.54, 1.807) is 0 Å². The third kappa shape index (κ3) is 2.85. The molecule has 3 nitrogen and oxygen atoms in total. The highest BCUT2D eigenvalue weighted by molar-refractivity contribution is 5.94. The van der Waals surface area contributed by atoms with Crippen molar-refractivity contribution >= 4 is 5.78 Å². The number of ketones is 1. The topological polar surface area (TPSA) is 33.2 Å². The summed E-state index contributed by atoms with van der Waals surface area (Å²) in [6.45, 7) is 0.753. The molecule has 1 aliphatic carbocycles. The van der Waals surface area contributed by atoms with Crippen LogP contribution in [-0.4, -0.2) is 35.3 Å². The Morgan fingerprint density at radius 3 is 2.88 bits per heavy atom. The summed E-state index contributed by atoms with van der Waals surface area (Å²) < 4.78 is 12.6. The van der Waals surface area contributed by atoms with Crippen LogP contribution in [0.2, 0.25) is 0 Å². The summed E-state index contributed by atoms with van der Waals surface area (Å²) >= 11 is 0. The fourth-order valence-electron chi connectivity index (χ4n) is 1.64. The Morgan fingerprint density at radius 2 is 2.31 bits per heavy atom. The third-order valence-electron chi connectivity index (χ3n) is 2.87. The second-order valence-corrected chi connectivity index (χ2v) is 4.25. The van der Waals surface area contributed by atoms with Crippen molar-refractivity contribution < 1.29 is 9.18 Å². The van der Waals surface area contributed by atoms with Gasteiger partial charge in [0.25, 0.3) is 0 Å². The molecule has 0 unspecified atom stereocenters. The average molecular weight is 222 g/mol. The van der Waals surface area contributed by atoms with Gasteiger partial charge in [-0.1, -0.05) is 0 Å². The average Bonchev–Trinajstić information content (AvgIpc) is 3.10. The monoisotopic (exact) mass is 222 g/mol. The second-order valence-electron chi connectivity index (χ2n) is 4.25. The van der Waals surface area contributed by atoms with Gasteiger partial charge in [0.05, 0.1) is 6.20 Å². The van der Waals surface area contributed by atoms with Gasteiger partial charge < -0.3 is 4.90 Å². The van der Waals surface area contributed by atoms with Crippen molar-refractivity contribution in [1.82, 2.24) is 9.88 Å². The Bertz CT molecular complexity index is 373. The lowest BCUT2D eigenvalue weighted by atomic mass is 10.2. The summed E-state index contributed by atoms with van der Waals surface area (Å²) in [7, 11) is 2.03. The Balaban J connectivity index is 1.85. The number of halogens is 1. The molecule has 4 heteroatoms. The van der Waals surface area contributed by atoms with Gasteiger partial charge in [0.2, 0.25) is 0 Å². The molecule has 0 N–H and O–H groups in total. The number of rotatable bonds is 5. The molecule has 86 valence electrons. The van der Waals surface area contributed by atoms with Gasteiger partial charge in [0.1, 0.15) is 11.5 Å². The van der Waals surface area contributed by atoms with E-state index < -0.39 is 5.82 Å². The second kappa shape index (κ2) is 4.70. The maximum atomic E-state index is 12.6. The van der Waals surface area contributed by atoms with E-state index in [9.17, 15) is 9.18 Å². The maximum absolute atomic E-state index is 12.6. The molecule has 0 spiro atoms. The summed E-state index contributed by atoms with van der Waals surface area (Å²) in [6, 6.07) is 3.37. The first-order valence-electron chi connectivity index (χ1n) is 5.52. The van der Waals surface area contributed by atoms with Crippen molar-refractivity contribution in [3.63, 3.8) is 0 Å². The summed E-state index contributed by atoms with van der Waals surface area (Å²) in [6.07, 6.45) is 4.00. The molecule has 1 aromatic rings. The van der Waals surface area contributed by atoms with E-state index in [0.29, 0.717) is 18.2 Å². The van der Waals surface area contributed by atoms with E-state index in [-0.39, 0.29) is 5.78 Å². The van der Waals surface area contributed by atoms with Crippen LogP contribution >= 0.6 is 0 Å². The van der Waals surface area contributed by atoms with Gasteiger partial charge in [-0.15, -0.1) is 0 Å². The molecule has 1 saturated carbocycles. The van der Waals surface area contributed by atoms with Gasteiger partial charge in [0, 0.05) is 19.0 Å². The van der Waals surface area contributed by atoms with E-state index in [1.165, 1.54) is 25.0 Å². The van der Waals surface area contributed by atoms with E-state index in [0.717, 1.165) is 12.7 Å². The first-order chi connectivity index (χ1) is 7.66. The van der Waals surface area contributed by atoms with Gasteiger partial charge in [-0.05, 0) is 32.0 Å². The Hall–Kier alpha value is -1.29. The number of hydrogen-bond acceptors (Lipinski definition) is 3. The van der Waals surface area contributed by atoms with Gasteiger partial charge in [-0.2, -0.15) is 0 Å². The van der Waals surface area contributed by atoms with Crippen LogP contribution in [-0.2, 0) is 0 Å². The highest BCUT2D eigenvalue weighted by Crippen LogP contribution is 2.25. The fourth-order valence-corrected chi connectivity index (χ4v) is 1.64. The van der Waals surface area contributed by atoms with Gasteiger partial charge in [-0.25, -0.2) is 4.39 Å². The molecule has 1 aliphatic rings. The van der Waals surface area contributed by atoms with Crippen molar-refractivity contribution in [1.29, 1.82) is 0 Å². The minimum Gasteiger partial charge on any atom is -0.303 e. The van der Waals surface area contributed by atoms with Crippen LogP contribution in [0.4, 0.5) is 4.39 Å².